The van der Waals surface area contributed by atoms with Gasteiger partial charge in [0.2, 0.25) is 0 Å². The minimum atomic E-state index is -0.467. The maximum Gasteiger partial charge on any atom is 0.339 e. The van der Waals surface area contributed by atoms with Crippen molar-refractivity contribution in [2.24, 2.45) is 0 Å². The predicted octanol–water partition coefficient (Wildman–Crippen LogP) is 5.57. The van der Waals surface area contributed by atoms with E-state index >= 15 is 0 Å². The summed E-state index contributed by atoms with van der Waals surface area (Å²) in [5.41, 5.74) is 5.28. The Morgan fingerprint density at radius 2 is 1.76 bits per heavy atom. The molecule has 1 aliphatic rings. The second-order valence-corrected chi connectivity index (χ2v) is 8.42. The number of allylic oxidation sites excluding steroid dienone is 1. The number of carbonyl (C=O) groups excluding carboxylic acids is 2. The highest BCUT2D eigenvalue weighted by molar-refractivity contribution is 6.07. The van der Waals surface area contributed by atoms with Gasteiger partial charge in [0.1, 0.15) is 0 Å². The van der Waals surface area contributed by atoms with E-state index in [1.165, 1.54) is 0 Å². The van der Waals surface area contributed by atoms with Crippen molar-refractivity contribution in [2.75, 3.05) is 6.61 Å². The Kier molecular flexibility index (Phi) is 7.18. The minimum absolute atomic E-state index is 0.0939. The zero-order valence-electron chi connectivity index (χ0n) is 19.3. The molecule has 0 bridgehead atoms. The molecule has 4 rings (SSSR count). The number of pyridine rings is 1. The fourth-order valence-electron chi connectivity index (χ4n) is 4.42. The average Bonchev–Trinajstić information content (AvgIpc) is 2.85. The Bertz CT molecular complexity index is 1180. The molecule has 2 aromatic carbocycles. The second kappa shape index (κ2) is 10.4. The van der Waals surface area contributed by atoms with Gasteiger partial charge < -0.3 is 10.1 Å². The fourth-order valence-corrected chi connectivity index (χ4v) is 4.42. The Hall–Kier alpha value is -3.47. The molecule has 1 N–H and O–H groups in total. The van der Waals surface area contributed by atoms with E-state index in [9.17, 15) is 9.59 Å². The van der Waals surface area contributed by atoms with Crippen LogP contribution in [0.3, 0.4) is 0 Å². The molecule has 1 heterocycles. The molecular weight excluding hydrogens is 412 g/mol. The molecule has 0 spiro atoms. The molecule has 0 saturated carbocycles. The summed E-state index contributed by atoms with van der Waals surface area (Å²) >= 11 is 0. The van der Waals surface area contributed by atoms with Crippen molar-refractivity contribution < 1.29 is 14.3 Å². The molecule has 5 nitrogen and oxygen atoms in total. The highest BCUT2D eigenvalue weighted by atomic mass is 16.5. The third-order valence-electron chi connectivity index (χ3n) is 6.20. The number of nitrogens with one attached hydrogen (secondary N) is 1. The van der Waals surface area contributed by atoms with Crippen LogP contribution in [0.1, 0.15) is 66.7 Å². The predicted molar refractivity (Wildman–Crippen MR) is 132 cm³/mol. The van der Waals surface area contributed by atoms with Crippen LogP contribution < -0.4 is 5.32 Å². The second-order valence-electron chi connectivity index (χ2n) is 8.42. The van der Waals surface area contributed by atoms with Gasteiger partial charge in [0.25, 0.3) is 5.91 Å². The first-order valence-electron chi connectivity index (χ1n) is 11.7. The summed E-state index contributed by atoms with van der Waals surface area (Å²) in [5.74, 6) is -0.737. The molecule has 1 aromatic heterocycles. The summed E-state index contributed by atoms with van der Waals surface area (Å²) in [4.78, 5) is 30.5. The van der Waals surface area contributed by atoms with Crippen molar-refractivity contribution >= 4 is 34.4 Å². The standard InChI is InChI=1S/C28H30N2O3/c1-3-21(4-2)29-25(31)18-33-28(32)26-22-14-8-9-16-24(22)30-27-20(13-10-15-23(26)27)17-19-11-6-5-7-12-19/h5-9,11-12,14,16-17,21H,3-4,10,13,15,18H2,1-2H3,(H,29,31)/b20-17+. The summed E-state index contributed by atoms with van der Waals surface area (Å²) in [5, 5.41) is 3.69. The van der Waals surface area contributed by atoms with Crippen LogP contribution in [0.25, 0.3) is 22.6 Å². The van der Waals surface area contributed by atoms with Gasteiger partial charge in [-0.1, -0.05) is 62.4 Å². The number of esters is 1. The van der Waals surface area contributed by atoms with Crippen molar-refractivity contribution in [3.63, 3.8) is 0 Å². The number of aromatic nitrogens is 1. The van der Waals surface area contributed by atoms with Crippen molar-refractivity contribution in [2.45, 2.75) is 52.0 Å². The lowest BCUT2D eigenvalue weighted by Gasteiger charge is -2.22. The molecule has 170 valence electrons. The lowest BCUT2D eigenvalue weighted by atomic mass is 9.86. The van der Waals surface area contributed by atoms with Crippen LogP contribution in [0.5, 0.6) is 0 Å². The third kappa shape index (κ3) is 5.14. The average molecular weight is 443 g/mol. The Morgan fingerprint density at radius 1 is 1.03 bits per heavy atom. The monoisotopic (exact) mass is 442 g/mol. The van der Waals surface area contributed by atoms with Crippen LogP contribution >= 0.6 is 0 Å². The fraction of sp³-hybridized carbons (Fsp3) is 0.321. The molecule has 1 amide bonds. The molecule has 3 aromatic rings. The number of para-hydroxylation sites is 1. The lowest BCUT2D eigenvalue weighted by Crippen LogP contribution is -2.37. The van der Waals surface area contributed by atoms with Gasteiger partial charge in [0, 0.05) is 11.4 Å². The third-order valence-corrected chi connectivity index (χ3v) is 6.20. The molecule has 1 aliphatic carbocycles. The van der Waals surface area contributed by atoms with E-state index < -0.39 is 5.97 Å². The summed E-state index contributed by atoms with van der Waals surface area (Å²) < 4.78 is 5.51. The van der Waals surface area contributed by atoms with E-state index in [0.717, 1.165) is 65.4 Å². The van der Waals surface area contributed by atoms with Gasteiger partial charge in [0.05, 0.1) is 16.8 Å². The van der Waals surface area contributed by atoms with Crippen molar-refractivity contribution in [1.82, 2.24) is 10.3 Å². The van der Waals surface area contributed by atoms with Crippen LogP contribution in [0.2, 0.25) is 0 Å². The first-order valence-corrected chi connectivity index (χ1v) is 11.7. The molecule has 0 radical (unpaired) electrons. The van der Waals surface area contributed by atoms with Gasteiger partial charge in [0.15, 0.2) is 6.61 Å². The number of rotatable bonds is 7. The number of nitrogens with zero attached hydrogens (tertiary/aromatic N) is 1. The highest BCUT2D eigenvalue weighted by Crippen LogP contribution is 2.36. The van der Waals surface area contributed by atoms with Gasteiger partial charge in [-0.25, -0.2) is 9.78 Å². The highest BCUT2D eigenvalue weighted by Gasteiger charge is 2.26. The summed E-state index contributed by atoms with van der Waals surface area (Å²) in [6.45, 7) is 3.76. The van der Waals surface area contributed by atoms with E-state index in [-0.39, 0.29) is 18.6 Å². The van der Waals surface area contributed by atoms with Crippen LogP contribution in [0.4, 0.5) is 0 Å². The first kappa shape index (κ1) is 22.7. The molecular formula is C28H30N2O3. The number of carbonyl (C=O) groups is 2. The molecule has 0 aliphatic heterocycles. The van der Waals surface area contributed by atoms with E-state index in [0.29, 0.717) is 5.56 Å². The molecule has 0 saturated heterocycles. The number of benzene rings is 2. The smallest absolute Gasteiger partial charge is 0.339 e. The van der Waals surface area contributed by atoms with Gasteiger partial charge >= 0.3 is 5.97 Å². The number of hydrogen-bond donors (Lipinski definition) is 1. The SMILES string of the molecule is CCC(CC)NC(=O)COC(=O)c1c2c(nc3ccccc13)/C(=C/c1ccccc1)CCC2. The lowest BCUT2D eigenvalue weighted by molar-refractivity contribution is -0.125. The zero-order chi connectivity index (χ0) is 23.2. The van der Waals surface area contributed by atoms with Crippen molar-refractivity contribution in [1.29, 1.82) is 0 Å². The quantitative estimate of drug-likeness (QED) is 0.486. The summed E-state index contributed by atoms with van der Waals surface area (Å²) in [6.07, 6.45) is 6.42. The van der Waals surface area contributed by atoms with Crippen molar-refractivity contribution in [3.05, 3.63) is 77.0 Å². The van der Waals surface area contributed by atoms with Gasteiger partial charge in [-0.05, 0) is 60.9 Å². The van der Waals surface area contributed by atoms with Gasteiger partial charge in [-0.3, -0.25) is 4.79 Å². The van der Waals surface area contributed by atoms with Crippen molar-refractivity contribution in [3.8, 4) is 0 Å². The molecule has 5 heteroatoms. The molecule has 0 fully saturated rings. The van der Waals surface area contributed by atoms with Crippen LogP contribution in [0.15, 0.2) is 54.6 Å². The maximum absolute atomic E-state index is 13.3. The Morgan fingerprint density at radius 3 is 2.52 bits per heavy atom. The number of ether oxygens (including phenoxy) is 1. The first-order chi connectivity index (χ1) is 16.1. The van der Waals surface area contributed by atoms with Gasteiger partial charge in [-0.2, -0.15) is 0 Å². The Balaban J connectivity index is 1.69. The largest absolute Gasteiger partial charge is 0.452 e. The Labute approximate surface area is 194 Å². The topological polar surface area (TPSA) is 68.3 Å². The zero-order valence-corrected chi connectivity index (χ0v) is 19.3. The van der Waals surface area contributed by atoms with Crippen LogP contribution in [-0.2, 0) is 16.0 Å². The summed E-state index contributed by atoms with van der Waals surface area (Å²) in [6, 6.07) is 17.9. The summed E-state index contributed by atoms with van der Waals surface area (Å²) in [7, 11) is 0. The van der Waals surface area contributed by atoms with E-state index in [4.69, 9.17) is 9.72 Å². The normalized spacial score (nSPS) is 14.3. The number of hydrogen-bond acceptors (Lipinski definition) is 4. The van der Waals surface area contributed by atoms with E-state index in [1.54, 1.807) is 0 Å². The molecule has 33 heavy (non-hydrogen) atoms. The maximum atomic E-state index is 13.3. The molecule has 0 unspecified atom stereocenters. The molecule has 0 atom stereocenters. The minimum Gasteiger partial charge on any atom is -0.452 e. The van der Waals surface area contributed by atoms with Crippen LogP contribution in [0, 0.1) is 0 Å². The van der Waals surface area contributed by atoms with Crippen LogP contribution in [-0.4, -0.2) is 29.5 Å². The van der Waals surface area contributed by atoms with E-state index in [2.05, 4.69) is 23.5 Å². The van der Waals surface area contributed by atoms with E-state index in [1.807, 2.05) is 56.3 Å². The van der Waals surface area contributed by atoms with Gasteiger partial charge in [-0.15, -0.1) is 0 Å². The number of amides is 1. The number of fused-ring (bicyclic) bond motifs is 2.